The fourth-order valence-corrected chi connectivity index (χ4v) is 4.28. The number of carbonyl (C=O) groups excluding carboxylic acids is 2. The number of ether oxygens (including phenoxy) is 4. The van der Waals surface area contributed by atoms with E-state index >= 15 is 0 Å². The van der Waals surface area contributed by atoms with Crippen LogP contribution in [0.25, 0.3) is 0 Å². The lowest BCUT2D eigenvalue weighted by Gasteiger charge is -2.18. The molecule has 7 nitrogen and oxygen atoms in total. The first-order chi connectivity index (χ1) is 14.9. The zero-order valence-corrected chi connectivity index (χ0v) is 17.9. The van der Waals surface area contributed by atoms with E-state index in [1.807, 2.05) is 63.2 Å². The van der Waals surface area contributed by atoms with E-state index < -0.39 is 36.5 Å². The Labute approximate surface area is 181 Å². The van der Waals surface area contributed by atoms with Gasteiger partial charge in [-0.25, -0.2) is 9.59 Å². The van der Waals surface area contributed by atoms with Crippen molar-refractivity contribution >= 4 is 12.1 Å². The largest absolute Gasteiger partial charge is 0.453 e. The Bertz CT molecular complexity index is 937. The summed E-state index contributed by atoms with van der Waals surface area (Å²) in [6, 6.07) is 13.5. The summed E-state index contributed by atoms with van der Waals surface area (Å²) in [7, 11) is 0. The van der Waals surface area contributed by atoms with Gasteiger partial charge in [-0.15, -0.1) is 0 Å². The first-order valence-electron chi connectivity index (χ1n) is 10.4. The molecule has 2 heterocycles. The summed E-state index contributed by atoms with van der Waals surface area (Å²) < 4.78 is 22.8. The van der Waals surface area contributed by atoms with E-state index in [-0.39, 0.29) is 13.2 Å². The molecule has 0 spiro atoms. The Morgan fingerprint density at radius 3 is 2.13 bits per heavy atom. The van der Waals surface area contributed by atoms with Gasteiger partial charge >= 0.3 is 12.1 Å². The van der Waals surface area contributed by atoms with Crippen molar-refractivity contribution in [2.45, 2.75) is 51.7 Å². The number of hydrogen-bond donors (Lipinski definition) is 1. The van der Waals surface area contributed by atoms with Gasteiger partial charge in [0.1, 0.15) is 12.2 Å². The van der Waals surface area contributed by atoms with Crippen molar-refractivity contribution in [1.82, 2.24) is 5.32 Å². The van der Waals surface area contributed by atoms with Crippen molar-refractivity contribution in [3.8, 4) is 0 Å². The normalized spacial score (nSPS) is 24.5. The molecule has 4 rings (SSSR count). The second-order valence-corrected chi connectivity index (χ2v) is 8.10. The third-order valence-electron chi connectivity index (χ3n) is 5.64. The van der Waals surface area contributed by atoms with Gasteiger partial charge in [0.05, 0.1) is 18.8 Å². The van der Waals surface area contributed by atoms with Crippen molar-refractivity contribution < 1.29 is 28.5 Å². The molecule has 2 aromatic carbocycles. The first kappa shape index (κ1) is 21.3. The van der Waals surface area contributed by atoms with Gasteiger partial charge in [-0.3, -0.25) is 0 Å². The number of esters is 1. The molecule has 2 aliphatic rings. The average molecular weight is 425 g/mol. The third kappa shape index (κ3) is 4.73. The van der Waals surface area contributed by atoms with Gasteiger partial charge < -0.3 is 24.3 Å². The van der Waals surface area contributed by atoms with E-state index in [1.54, 1.807) is 0 Å². The highest BCUT2D eigenvalue weighted by Gasteiger charge is 2.51. The first-order valence-corrected chi connectivity index (χ1v) is 10.4. The maximum atomic E-state index is 12.8. The Balaban J connectivity index is 1.32. The molecule has 7 heteroatoms. The molecule has 0 saturated carbocycles. The monoisotopic (exact) mass is 425 g/mol. The number of aryl methyl sites for hydroxylation is 3. The highest BCUT2D eigenvalue weighted by Crippen LogP contribution is 2.31. The summed E-state index contributed by atoms with van der Waals surface area (Å²) in [5.41, 5.74) is 4.40. The average Bonchev–Trinajstić information content (AvgIpc) is 3.30. The molecular weight excluding hydrogens is 398 g/mol. The van der Waals surface area contributed by atoms with Gasteiger partial charge in [-0.05, 0) is 37.5 Å². The summed E-state index contributed by atoms with van der Waals surface area (Å²) in [4.78, 5) is 25.0. The minimum Gasteiger partial charge on any atom is -0.453 e. The molecule has 164 valence electrons. The zero-order chi connectivity index (χ0) is 22.0. The Morgan fingerprint density at radius 2 is 1.52 bits per heavy atom. The van der Waals surface area contributed by atoms with Crippen LogP contribution < -0.4 is 5.32 Å². The minimum absolute atomic E-state index is 0.199. The van der Waals surface area contributed by atoms with Gasteiger partial charge in [0.15, 0.2) is 12.2 Å². The van der Waals surface area contributed by atoms with Crippen molar-refractivity contribution in [3.05, 3.63) is 70.3 Å². The van der Waals surface area contributed by atoms with Crippen LogP contribution in [0.15, 0.2) is 42.5 Å². The summed E-state index contributed by atoms with van der Waals surface area (Å²) in [5, 5.41) is 2.73. The van der Waals surface area contributed by atoms with Crippen LogP contribution in [0.2, 0.25) is 0 Å². The van der Waals surface area contributed by atoms with E-state index in [0.717, 1.165) is 22.3 Å². The highest BCUT2D eigenvalue weighted by atomic mass is 16.7. The standard InChI is InChI=1S/C24H27NO6/c1-14-9-15(2)20(16(3)10-14)23(26)30-18-12-28-22-19(13-29-21(18)22)31-24(27)25-11-17-7-5-4-6-8-17/h4-10,18-19,21-22H,11-13H2,1-3H3,(H,25,27)/t18-,19+,21-,22-/m1/s1. The Kier molecular flexibility index (Phi) is 6.25. The Hall–Kier alpha value is -2.90. The van der Waals surface area contributed by atoms with Crippen molar-refractivity contribution in [1.29, 1.82) is 0 Å². The molecule has 1 N–H and O–H groups in total. The number of rotatable bonds is 5. The molecule has 4 atom stereocenters. The van der Waals surface area contributed by atoms with E-state index in [1.165, 1.54) is 0 Å². The lowest BCUT2D eigenvalue weighted by molar-refractivity contribution is -0.0232. The molecule has 0 radical (unpaired) electrons. The number of hydrogen-bond acceptors (Lipinski definition) is 6. The van der Waals surface area contributed by atoms with E-state index in [0.29, 0.717) is 12.1 Å². The SMILES string of the molecule is Cc1cc(C)c(C(=O)O[C@@H]2CO[C@H]3[C@@H]2OC[C@@H]3OC(=O)NCc2ccccc2)c(C)c1. The molecule has 0 aromatic heterocycles. The molecule has 2 aliphatic heterocycles. The number of carbonyl (C=O) groups is 2. The second kappa shape index (κ2) is 9.08. The highest BCUT2D eigenvalue weighted by molar-refractivity contribution is 5.93. The summed E-state index contributed by atoms with van der Waals surface area (Å²) in [5.74, 6) is -0.391. The molecule has 2 saturated heterocycles. The van der Waals surface area contributed by atoms with Gasteiger partial charge in [0.25, 0.3) is 0 Å². The predicted molar refractivity (Wildman–Crippen MR) is 113 cm³/mol. The lowest BCUT2D eigenvalue weighted by Crippen LogP contribution is -2.38. The summed E-state index contributed by atoms with van der Waals surface area (Å²) >= 11 is 0. The van der Waals surface area contributed by atoms with Crippen molar-refractivity contribution in [2.24, 2.45) is 0 Å². The summed E-state index contributed by atoms with van der Waals surface area (Å²) in [6.45, 7) is 6.56. The third-order valence-corrected chi connectivity index (χ3v) is 5.64. The van der Waals surface area contributed by atoms with Crippen LogP contribution in [0.1, 0.15) is 32.6 Å². The van der Waals surface area contributed by atoms with E-state index in [4.69, 9.17) is 18.9 Å². The fraction of sp³-hybridized carbons (Fsp3) is 0.417. The molecule has 2 fully saturated rings. The second-order valence-electron chi connectivity index (χ2n) is 8.10. The quantitative estimate of drug-likeness (QED) is 0.741. The molecule has 0 unspecified atom stereocenters. The zero-order valence-electron chi connectivity index (χ0n) is 17.9. The molecule has 31 heavy (non-hydrogen) atoms. The van der Waals surface area contributed by atoms with Crippen LogP contribution in [0.5, 0.6) is 0 Å². The van der Waals surface area contributed by atoms with Crippen LogP contribution in [0.4, 0.5) is 4.79 Å². The number of benzene rings is 2. The minimum atomic E-state index is -0.549. The smallest absolute Gasteiger partial charge is 0.407 e. The maximum Gasteiger partial charge on any atom is 0.407 e. The maximum absolute atomic E-state index is 12.8. The number of fused-ring (bicyclic) bond motifs is 1. The van der Waals surface area contributed by atoms with Crippen LogP contribution in [-0.4, -0.2) is 49.7 Å². The van der Waals surface area contributed by atoms with Crippen LogP contribution in [-0.2, 0) is 25.5 Å². The van der Waals surface area contributed by atoms with Gasteiger partial charge in [0.2, 0.25) is 0 Å². The number of amides is 1. The number of nitrogens with one attached hydrogen (secondary N) is 1. The molecule has 1 amide bonds. The van der Waals surface area contributed by atoms with Gasteiger partial charge in [-0.1, -0.05) is 48.0 Å². The fourth-order valence-electron chi connectivity index (χ4n) is 4.28. The van der Waals surface area contributed by atoms with Crippen molar-refractivity contribution in [2.75, 3.05) is 13.2 Å². The topological polar surface area (TPSA) is 83.1 Å². The Morgan fingerprint density at radius 1 is 0.935 bits per heavy atom. The lowest BCUT2D eigenvalue weighted by atomic mass is 10.00. The van der Waals surface area contributed by atoms with Gasteiger partial charge in [0, 0.05) is 6.54 Å². The van der Waals surface area contributed by atoms with Gasteiger partial charge in [-0.2, -0.15) is 0 Å². The summed E-state index contributed by atoms with van der Waals surface area (Å²) in [6.07, 6.45) is -2.54. The predicted octanol–water partition coefficient (Wildman–Crippen LogP) is 3.23. The molecule has 0 aliphatic carbocycles. The van der Waals surface area contributed by atoms with Crippen molar-refractivity contribution in [3.63, 3.8) is 0 Å². The van der Waals surface area contributed by atoms with Crippen LogP contribution in [0.3, 0.4) is 0 Å². The molecule has 0 bridgehead atoms. The van der Waals surface area contributed by atoms with Crippen LogP contribution in [0, 0.1) is 20.8 Å². The molecule has 2 aromatic rings. The van der Waals surface area contributed by atoms with Crippen LogP contribution >= 0.6 is 0 Å². The number of alkyl carbamates (subject to hydrolysis) is 1. The van der Waals surface area contributed by atoms with E-state index in [9.17, 15) is 9.59 Å². The molecular formula is C24H27NO6. The van der Waals surface area contributed by atoms with E-state index in [2.05, 4.69) is 5.32 Å².